The van der Waals surface area contributed by atoms with E-state index >= 15 is 0 Å². The second-order valence-corrected chi connectivity index (χ2v) is 6.81. The molecule has 1 aliphatic rings. The van der Waals surface area contributed by atoms with Crippen LogP contribution in [0.3, 0.4) is 0 Å². The zero-order valence-electron chi connectivity index (χ0n) is 9.29. The zero-order chi connectivity index (χ0) is 10.8. The Bertz CT molecular complexity index is 274. The number of hydrogen-bond acceptors (Lipinski definition) is 3. The van der Waals surface area contributed by atoms with Crippen LogP contribution in [0.4, 0.5) is 0 Å². The first-order valence-corrected chi connectivity index (χ1v) is 7.11. The first kappa shape index (κ1) is 12.0. The van der Waals surface area contributed by atoms with Gasteiger partial charge < -0.3 is 5.32 Å². The first-order valence-electron chi connectivity index (χ1n) is 5.40. The maximum Gasteiger partial charge on any atom is 0.154 e. The molecule has 14 heavy (non-hydrogen) atoms. The summed E-state index contributed by atoms with van der Waals surface area (Å²) in [6.45, 7) is 3.88. The maximum absolute atomic E-state index is 11.8. The fraction of sp³-hybridized carbons (Fsp3) is 1.00. The van der Waals surface area contributed by atoms with Crippen LogP contribution in [0.5, 0.6) is 0 Å². The molecular weight excluding hydrogens is 198 g/mol. The van der Waals surface area contributed by atoms with E-state index in [0.29, 0.717) is 5.92 Å². The summed E-state index contributed by atoms with van der Waals surface area (Å²) in [6, 6.07) is 0.163. The van der Waals surface area contributed by atoms with Gasteiger partial charge in [-0.3, -0.25) is 0 Å². The van der Waals surface area contributed by atoms with Crippen molar-refractivity contribution >= 4 is 9.84 Å². The molecule has 3 nitrogen and oxygen atoms in total. The molecule has 4 heteroatoms. The molecule has 0 aromatic carbocycles. The normalized spacial score (nSPS) is 34.4. The Morgan fingerprint density at radius 2 is 2.00 bits per heavy atom. The van der Waals surface area contributed by atoms with Gasteiger partial charge in [-0.05, 0) is 32.2 Å². The predicted octanol–water partition coefficient (Wildman–Crippen LogP) is 1.20. The van der Waals surface area contributed by atoms with Crippen molar-refractivity contribution < 1.29 is 8.42 Å². The molecule has 0 aliphatic heterocycles. The van der Waals surface area contributed by atoms with Crippen LogP contribution in [0, 0.1) is 5.92 Å². The van der Waals surface area contributed by atoms with E-state index in [1.807, 2.05) is 7.05 Å². The van der Waals surface area contributed by atoms with Gasteiger partial charge >= 0.3 is 0 Å². The highest BCUT2D eigenvalue weighted by Gasteiger charge is 2.35. The lowest BCUT2D eigenvalue weighted by atomic mass is 9.87. The number of hydrogen-bond donors (Lipinski definition) is 1. The predicted molar refractivity (Wildman–Crippen MR) is 59.1 cm³/mol. The molecule has 1 aliphatic carbocycles. The summed E-state index contributed by atoms with van der Waals surface area (Å²) >= 11 is 0. The molecule has 1 rings (SSSR count). The van der Waals surface area contributed by atoms with E-state index in [1.165, 1.54) is 0 Å². The Morgan fingerprint density at radius 1 is 1.36 bits per heavy atom. The van der Waals surface area contributed by atoms with Crippen LogP contribution in [-0.2, 0) is 9.84 Å². The van der Waals surface area contributed by atoms with Crippen LogP contribution < -0.4 is 5.32 Å². The minimum Gasteiger partial charge on any atom is -0.316 e. The van der Waals surface area contributed by atoms with Gasteiger partial charge in [0.25, 0.3) is 0 Å². The molecule has 3 atom stereocenters. The topological polar surface area (TPSA) is 46.2 Å². The van der Waals surface area contributed by atoms with Crippen molar-refractivity contribution in [2.75, 3.05) is 12.8 Å². The molecule has 0 bridgehead atoms. The standard InChI is InChI=1S/C10H21NO2S/c1-4-14(12,13)10-7-8(2)5-6-9(10)11-3/h8-11H,4-7H2,1-3H3. The van der Waals surface area contributed by atoms with Crippen LogP contribution in [0.2, 0.25) is 0 Å². The smallest absolute Gasteiger partial charge is 0.154 e. The van der Waals surface area contributed by atoms with Crippen LogP contribution in [0.1, 0.15) is 33.1 Å². The zero-order valence-corrected chi connectivity index (χ0v) is 10.1. The fourth-order valence-corrected chi connectivity index (χ4v) is 4.09. The molecule has 84 valence electrons. The van der Waals surface area contributed by atoms with Gasteiger partial charge in [-0.2, -0.15) is 0 Å². The van der Waals surface area contributed by atoms with Crippen molar-refractivity contribution in [1.29, 1.82) is 0 Å². The first-order chi connectivity index (χ1) is 6.51. The third-order valence-electron chi connectivity index (χ3n) is 3.29. The van der Waals surface area contributed by atoms with E-state index < -0.39 is 9.84 Å². The van der Waals surface area contributed by atoms with Crippen molar-refractivity contribution in [3.05, 3.63) is 0 Å². The van der Waals surface area contributed by atoms with Crippen molar-refractivity contribution in [2.45, 2.75) is 44.4 Å². The second-order valence-electron chi connectivity index (χ2n) is 4.30. The third-order valence-corrected chi connectivity index (χ3v) is 5.54. The molecule has 1 fully saturated rings. The Balaban J connectivity index is 2.81. The molecular formula is C10H21NO2S. The van der Waals surface area contributed by atoms with E-state index in [-0.39, 0.29) is 17.0 Å². The average Bonchev–Trinajstić information content (AvgIpc) is 2.18. The Morgan fingerprint density at radius 3 is 2.50 bits per heavy atom. The van der Waals surface area contributed by atoms with Crippen LogP contribution in [0.15, 0.2) is 0 Å². The molecule has 0 aromatic heterocycles. The van der Waals surface area contributed by atoms with E-state index in [1.54, 1.807) is 6.92 Å². The number of rotatable bonds is 3. The summed E-state index contributed by atoms with van der Waals surface area (Å²) in [7, 11) is -1.02. The average molecular weight is 219 g/mol. The van der Waals surface area contributed by atoms with Gasteiger partial charge in [0, 0.05) is 11.8 Å². The SMILES string of the molecule is CCS(=O)(=O)C1CC(C)CCC1NC. The molecule has 0 amide bonds. The summed E-state index contributed by atoms with van der Waals surface area (Å²) in [5, 5.41) is 2.97. The molecule has 0 radical (unpaired) electrons. The van der Waals surface area contributed by atoms with Gasteiger partial charge in [0.05, 0.1) is 5.25 Å². The second kappa shape index (κ2) is 4.62. The molecule has 1 N–H and O–H groups in total. The highest BCUT2D eigenvalue weighted by molar-refractivity contribution is 7.92. The van der Waals surface area contributed by atoms with Crippen LogP contribution in [0.25, 0.3) is 0 Å². The molecule has 1 saturated carbocycles. The van der Waals surface area contributed by atoms with Gasteiger partial charge in [-0.15, -0.1) is 0 Å². The fourth-order valence-electron chi connectivity index (χ4n) is 2.27. The minimum absolute atomic E-state index is 0.163. The third kappa shape index (κ3) is 2.48. The lowest BCUT2D eigenvalue weighted by Gasteiger charge is -2.34. The van der Waals surface area contributed by atoms with Crippen molar-refractivity contribution in [2.24, 2.45) is 5.92 Å². The number of nitrogens with one attached hydrogen (secondary N) is 1. The lowest BCUT2D eigenvalue weighted by Crippen LogP contribution is -2.47. The van der Waals surface area contributed by atoms with Crippen LogP contribution in [-0.4, -0.2) is 32.5 Å². The van der Waals surface area contributed by atoms with Gasteiger partial charge in [-0.25, -0.2) is 8.42 Å². The van der Waals surface area contributed by atoms with Gasteiger partial charge in [0.2, 0.25) is 0 Å². The highest BCUT2D eigenvalue weighted by atomic mass is 32.2. The summed E-state index contributed by atoms with van der Waals surface area (Å²) in [4.78, 5) is 0. The summed E-state index contributed by atoms with van der Waals surface area (Å²) in [6.07, 6.45) is 2.95. The quantitative estimate of drug-likeness (QED) is 0.776. The van der Waals surface area contributed by atoms with E-state index in [2.05, 4.69) is 12.2 Å². The minimum atomic E-state index is -2.88. The van der Waals surface area contributed by atoms with Crippen molar-refractivity contribution in [3.63, 3.8) is 0 Å². The maximum atomic E-state index is 11.8. The largest absolute Gasteiger partial charge is 0.316 e. The highest BCUT2D eigenvalue weighted by Crippen LogP contribution is 2.28. The summed E-state index contributed by atoms with van der Waals surface area (Å²) in [5.74, 6) is 0.814. The molecule has 0 spiro atoms. The Hall–Kier alpha value is -0.0900. The van der Waals surface area contributed by atoms with E-state index in [0.717, 1.165) is 19.3 Å². The van der Waals surface area contributed by atoms with Crippen molar-refractivity contribution in [1.82, 2.24) is 5.32 Å². The summed E-state index contributed by atoms with van der Waals surface area (Å²) < 4.78 is 23.7. The monoisotopic (exact) mass is 219 g/mol. The van der Waals surface area contributed by atoms with E-state index in [4.69, 9.17) is 0 Å². The molecule has 3 unspecified atom stereocenters. The number of sulfone groups is 1. The van der Waals surface area contributed by atoms with Gasteiger partial charge in [0.15, 0.2) is 9.84 Å². The molecule has 0 aromatic rings. The van der Waals surface area contributed by atoms with Crippen LogP contribution >= 0.6 is 0 Å². The van der Waals surface area contributed by atoms with Gasteiger partial charge in [-0.1, -0.05) is 13.8 Å². The van der Waals surface area contributed by atoms with E-state index in [9.17, 15) is 8.42 Å². The summed E-state index contributed by atoms with van der Waals surface area (Å²) in [5.41, 5.74) is 0. The Kier molecular flexibility index (Phi) is 3.95. The van der Waals surface area contributed by atoms with Crippen molar-refractivity contribution in [3.8, 4) is 0 Å². The van der Waals surface area contributed by atoms with Gasteiger partial charge in [0.1, 0.15) is 0 Å². The Labute approximate surface area is 87.2 Å². The lowest BCUT2D eigenvalue weighted by molar-refractivity contribution is 0.319. The molecule has 0 saturated heterocycles. The molecule has 0 heterocycles.